The lowest BCUT2D eigenvalue weighted by Crippen LogP contribution is -3.00. The predicted molar refractivity (Wildman–Crippen MR) is 90.3 cm³/mol. The molecule has 24 heavy (non-hydrogen) atoms. The zero-order chi connectivity index (χ0) is 17.0. The standard InChI is InChI=1S/C17H38N3O2.2ClH/c1-5-6-7-8-9-10-11-12-13-16(18)17(21)19(22)14-15-20(2,3)4;;/h16,22H,5-15,18H2,1-4H3;2*1H/q+1;;/p-1. The summed E-state index contributed by atoms with van der Waals surface area (Å²) in [4.78, 5) is 12.0. The Kier molecular flexibility index (Phi) is 19.6. The lowest BCUT2D eigenvalue weighted by Gasteiger charge is -2.26. The maximum absolute atomic E-state index is 12.0. The maximum Gasteiger partial charge on any atom is 0.304 e. The fourth-order valence-corrected chi connectivity index (χ4v) is 2.36. The summed E-state index contributed by atoms with van der Waals surface area (Å²) in [6.07, 6.45) is 10.8. The van der Waals surface area contributed by atoms with Gasteiger partial charge in [-0.2, -0.15) is 0 Å². The number of carbonyl (C=O) groups is 1. The van der Waals surface area contributed by atoms with Crippen LogP contribution in [0.15, 0.2) is 0 Å². The van der Waals surface area contributed by atoms with E-state index in [1.54, 1.807) is 0 Å². The molecular formula is C17H39Cl2N3O2. The van der Waals surface area contributed by atoms with Gasteiger partial charge in [-0.25, -0.2) is 5.06 Å². The second-order valence-electron chi connectivity index (χ2n) is 7.44. The first-order valence-electron chi connectivity index (χ1n) is 8.91. The van der Waals surface area contributed by atoms with E-state index in [0.29, 0.717) is 6.54 Å². The van der Waals surface area contributed by atoms with Gasteiger partial charge in [0.1, 0.15) is 0 Å². The van der Waals surface area contributed by atoms with Crippen molar-refractivity contribution in [3.8, 4) is 0 Å². The van der Waals surface area contributed by atoms with Crippen LogP contribution in [0.3, 0.4) is 0 Å². The molecule has 5 nitrogen and oxygen atoms in total. The van der Waals surface area contributed by atoms with Crippen LogP contribution in [0.25, 0.3) is 0 Å². The molecule has 0 heterocycles. The van der Waals surface area contributed by atoms with Gasteiger partial charge in [0.15, 0.2) is 6.04 Å². The maximum atomic E-state index is 12.0. The lowest BCUT2D eigenvalue weighted by atomic mass is 10.0. The number of likely N-dealkylation sites (N-methyl/N-ethyl adjacent to an activating group) is 1. The molecule has 0 aromatic rings. The van der Waals surface area contributed by atoms with Crippen molar-refractivity contribution < 1.29 is 45.0 Å². The third-order valence-corrected chi connectivity index (χ3v) is 3.99. The zero-order valence-corrected chi connectivity index (χ0v) is 17.6. The van der Waals surface area contributed by atoms with Crippen molar-refractivity contribution in [2.75, 3.05) is 34.2 Å². The fourth-order valence-electron chi connectivity index (χ4n) is 2.36. The molecule has 4 N–H and O–H groups in total. The third-order valence-electron chi connectivity index (χ3n) is 3.99. The van der Waals surface area contributed by atoms with Crippen LogP contribution in [-0.4, -0.2) is 60.9 Å². The van der Waals surface area contributed by atoms with E-state index in [1.165, 1.54) is 38.5 Å². The van der Waals surface area contributed by atoms with Crippen LogP contribution >= 0.6 is 0 Å². The number of carbonyl (C=O) groups excluding carboxylic acids is 1. The molecule has 0 fully saturated rings. The molecule has 0 aliphatic rings. The van der Waals surface area contributed by atoms with E-state index < -0.39 is 0 Å². The van der Waals surface area contributed by atoms with Crippen molar-refractivity contribution in [2.24, 2.45) is 0 Å². The number of quaternary nitrogens is 2. The third kappa shape index (κ3) is 16.8. The Morgan fingerprint density at radius 3 is 1.92 bits per heavy atom. The Labute approximate surface area is 161 Å². The summed E-state index contributed by atoms with van der Waals surface area (Å²) in [5.74, 6) is -0.239. The second-order valence-corrected chi connectivity index (χ2v) is 7.44. The summed E-state index contributed by atoms with van der Waals surface area (Å²) in [7, 11) is 6.13. The van der Waals surface area contributed by atoms with E-state index in [2.05, 4.69) is 12.7 Å². The van der Waals surface area contributed by atoms with Gasteiger partial charge in [0.2, 0.25) is 0 Å². The Morgan fingerprint density at radius 2 is 1.46 bits per heavy atom. The lowest BCUT2D eigenvalue weighted by molar-refractivity contribution is -0.870. The molecule has 0 rings (SSSR count). The highest BCUT2D eigenvalue weighted by Crippen LogP contribution is 2.10. The number of rotatable bonds is 13. The van der Waals surface area contributed by atoms with E-state index in [1.807, 2.05) is 21.1 Å². The predicted octanol–water partition coefficient (Wildman–Crippen LogP) is -3.94. The number of amides is 1. The van der Waals surface area contributed by atoms with Crippen LogP contribution in [0.4, 0.5) is 0 Å². The molecule has 148 valence electrons. The monoisotopic (exact) mass is 387 g/mol. The van der Waals surface area contributed by atoms with Gasteiger partial charge in [0, 0.05) is 6.42 Å². The molecule has 0 aromatic carbocycles. The van der Waals surface area contributed by atoms with Crippen LogP contribution < -0.4 is 30.5 Å². The number of unbranched alkanes of at least 4 members (excludes halogenated alkanes) is 7. The van der Waals surface area contributed by atoms with Crippen molar-refractivity contribution >= 4 is 5.91 Å². The summed E-state index contributed by atoms with van der Waals surface area (Å²) in [6.45, 7) is 3.33. The smallest absolute Gasteiger partial charge is 0.304 e. The highest BCUT2D eigenvalue weighted by Gasteiger charge is 2.23. The van der Waals surface area contributed by atoms with Gasteiger partial charge in [-0.1, -0.05) is 51.9 Å². The molecule has 0 radical (unpaired) electrons. The molecule has 0 aliphatic heterocycles. The Balaban J connectivity index is -0.00000220. The molecule has 0 bridgehead atoms. The van der Waals surface area contributed by atoms with E-state index in [-0.39, 0.29) is 36.8 Å². The van der Waals surface area contributed by atoms with Gasteiger partial charge in [-0.05, 0) is 6.42 Å². The Hall–Kier alpha value is -0.0700. The number of halogens is 2. The minimum absolute atomic E-state index is 0. The highest BCUT2D eigenvalue weighted by atomic mass is 35.5. The molecule has 1 amide bonds. The summed E-state index contributed by atoms with van der Waals surface area (Å²) in [6, 6.07) is -0.322. The largest absolute Gasteiger partial charge is 1.00 e. The van der Waals surface area contributed by atoms with E-state index in [9.17, 15) is 10.0 Å². The van der Waals surface area contributed by atoms with E-state index >= 15 is 0 Å². The van der Waals surface area contributed by atoms with E-state index in [4.69, 9.17) is 0 Å². The molecule has 0 aliphatic carbocycles. The van der Waals surface area contributed by atoms with Crippen LogP contribution in [0.1, 0.15) is 64.7 Å². The van der Waals surface area contributed by atoms with Gasteiger partial charge >= 0.3 is 5.91 Å². The average Bonchev–Trinajstić information content (AvgIpc) is 2.45. The van der Waals surface area contributed by atoms with Crippen LogP contribution in [-0.2, 0) is 4.79 Å². The molecule has 7 heteroatoms. The SMILES string of the molecule is CCCCCCCCCCC([NH3+])C(=O)N(O)CC[N+](C)(C)C.[Cl-].[Cl-]. The van der Waals surface area contributed by atoms with Crippen LogP contribution in [0.2, 0.25) is 0 Å². The molecule has 0 aromatic heterocycles. The topological polar surface area (TPSA) is 68.2 Å². The van der Waals surface area contributed by atoms with E-state index in [0.717, 1.165) is 35.4 Å². The van der Waals surface area contributed by atoms with Gasteiger partial charge < -0.3 is 35.0 Å². The minimum atomic E-state index is -0.322. The number of hydroxylamine groups is 2. The van der Waals surface area contributed by atoms with Crippen molar-refractivity contribution in [2.45, 2.75) is 70.8 Å². The van der Waals surface area contributed by atoms with Crippen molar-refractivity contribution in [3.63, 3.8) is 0 Å². The Morgan fingerprint density at radius 1 is 1.00 bits per heavy atom. The summed E-state index contributed by atoms with van der Waals surface area (Å²) < 4.78 is 0.726. The number of hydrogen-bond donors (Lipinski definition) is 2. The number of nitrogens with zero attached hydrogens (tertiary/aromatic N) is 2. The van der Waals surface area contributed by atoms with Crippen LogP contribution in [0.5, 0.6) is 0 Å². The van der Waals surface area contributed by atoms with Crippen LogP contribution in [0, 0.1) is 0 Å². The highest BCUT2D eigenvalue weighted by molar-refractivity contribution is 5.79. The van der Waals surface area contributed by atoms with Crippen molar-refractivity contribution in [1.82, 2.24) is 5.06 Å². The van der Waals surface area contributed by atoms with Crippen molar-refractivity contribution in [1.29, 1.82) is 0 Å². The summed E-state index contributed by atoms with van der Waals surface area (Å²) in [5.41, 5.74) is 3.91. The minimum Gasteiger partial charge on any atom is -1.00 e. The molecule has 0 saturated heterocycles. The quantitative estimate of drug-likeness (QED) is 0.146. The molecule has 1 unspecified atom stereocenters. The Bertz CT molecular complexity index is 300. The molecular weight excluding hydrogens is 349 g/mol. The first-order chi connectivity index (χ1) is 10.3. The fraction of sp³-hybridized carbons (Fsp3) is 0.941. The molecule has 1 atom stereocenters. The first-order valence-corrected chi connectivity index (χ1v) is 8.91. The normalized spacial score (nSPS) is 12.1. The molecule has 0 spiro atoms. The van der Waals surface area contributed by atoms with Crippen molar-refractivity contribution in [3.05, 3.63) is 0 Å². The van der Waals surface area contributed by atoms with Gasteiger partial charge in [-0.15, -0.1) is 0 Å². The summed E-state index contributed by atoms with van der Waals surface area (Å²) >= 11 is 0. The molecule has 0 saturated carbocycles. The average molecular weight is 388 g/mol. The first kappa shape index (κ1) is 28.7. The zero-order valence-electron chi connectivity index (χ0n) is 16.1. The second kappa shape index (κ2) is 16.4. The van der Waals surface area contributed by atoms with Gasteiger partial charge in [0.05, 0.1) is 34.2 Å². The summed E-state index contributed by atoms with van der Waals surface area (Å²) in [5, 5.41) is 10.7. The van der Waals surface area contributed by atoms with Gasteiger partial charge in [0.25, 0.3) is 0 Å². The van der Waals surface area contributed by atoms with Gasteiger partial charge in [-0.3, -0.25) is 10.0 Å². The number of hydrogen-bond acceptors (Lipinski definition) is 2.